The van der Waals surface area contributed by atoms with Gasteiger partial charge in [-0.25, -0.2) is 4.52 Å². The van der Waals surface area contributed by atoms with Gasteiger partial charge in [-0.1, -0.05) is 11.6 Å². The summed E-state index contributed by atoms with van der Waals surface area (Å²) in [7, 11) is 0. The smallest absolute Gasteiger partial charge is 0.417 e. The Labute approximate surface area is 115 Å². The number of fused-ring (bicyclic) bond motifs is 1. The van der Waals surface area contributed by atoms with E-state index in [0.717, 1.165) is 16.8 Å². The van der Waals surface area contributed by atoms with Gasteiger partial charge in [-0.2, -0.15) is 18.2 Å². The van der Waals surface area contributed by atoms with Crippen LogP contribution >= 0.6 is 11.6 Å². The van der Waals surface area contributed by atoms with Gasteiger partial charge in [0.1, 0.15) is 6.04 Å². The number of nitrogens with one attached hydrogen (secondary N) is 1. The molecule has 2 N–H and O–H groups in total. The largest absolute Gasteiger partial charge is 0.480 e. The third-order valence-corrected chi connectivity index (χ3v) is 2.71. The highest BCUT2D eigenvalue weighted by Gasteiger charge is 2.32. The molecule has 0 saturated heterocycles. The van der Waals surface area contributed by atoms with Crippen LogP contribution in [0.5, 0.6) is 0 Å². The molecule has 0 aliphatic heterocycles. The Morgan fingerprint density at radius 1 is 1.55 bits per heavy atom. The molecule has 0 spiro atoms. The summed E-state index contributed by atoms with van der Waals surface area (Å²) < 4.78 is 38.7. The summed E-state index contributed by atoms with van der Waals surface area (Å²) >= 11 is 5.71. The summed E-state index contributed by atoms with van der Waals surface area (Å²) in [6.07, 6.45) is -3.84. The van der Waals surface area contributed by atoms with Crippen LogP contribution in [0.15, 0.2) is 12.3 Å². The lowest BCUT2D eigenvalue weighted by Gasteiger charge is -2.06. The Morgan fingerprint density at radius 3 is 2.75 bits per heavy atom. The SMILES string of the molecule is CC(Nc1nc2c(Cl)cc(C(F)(F)F)cn2n1)C(=O)O. The van der Waals surface area contributed by atoms with Crippen molar-refractivity contribution in [3.05, 3.63) is 22.8 Å². The molecule has 2 rings (SSSR count). The fourth-order valence-electron chi connectivity index (χ4n) is 1.42. The van der Waals surface area contributed by atoms with E-state index >= 15 is 0 Å². The molecule has 0 amide bonds. The zero-order chi connectivity index (χ0) is 15.1. The van der Waals surface area contributed by atoms with Crippen LogP contribution in [-0.2, 0) is 11.0 Å². The molecule has 1 unspecified atom stereocenters. The minimum Gasteiger partial charge on any atom is -0.480 e. The molecule has 2 aromatic rings. The summed E-state index contributed by atoms with van der Waals surface area (Å²) in [6, 6.07) is -0.260. The molecule has 0 aromatic carbocycles. The van der Waals surface area contributed by atoms with Crippen LogP contribution in [-0.4, -0.2) is 31.7 Å². The van der Waals surface area contributed by atoms with E-state index in [1.165, 1.54) is 6.92 Å². The number of hydrogen-bond donors (Lipinski definition) is 2. The first kappa shape index (κ1) is 14.4. The fourth-order valence-corrected chi connectivity index (χ4v) is 1.66. The number of carboxylic acids is 1. The van der Waals surface area contributed by atoms with Gasteiger partial charge in [-0.3, -0.25) is 4.79 Å². The van der Waals surface area contributed by atoms with Crippen molar-refractivity contribution >= 4 is 29.2 Å². The maximum atomic E-state index is 12.6. The highest BCUT2D eigenvalue weighted by atomic mass is 35.5. The zero-order valence-electron chi connectivity index (χ0n) is 9.94. The van der Waals surface area contributed by atoms with Crippen LogP contribution < -0.4 is 5.32 Å². The number of pyridine rings is 1. The Kier molecular flexibility index (Phi) is 3.46. The number of rotatable bonds is 3. The summed E-state index contributed by atoms with van der Waals surface area (Å²) in [5, 5.41) is 14.6. The molecule has 20 heavy (non-hydrogen) atoms. The fraction of sp³-hybridized carbons (Fsp3) is 0.300. The Hall–Kier alpha value is -2.03. The number of carboxylic acid groups (broad SMARTS) is 1. The number of aliphatic carboxylic acids is 1. The maximum absolute atomic E-state index is 12.6. The second kappa shape index (κ2) is 4.82. The lowest BCUT2D eigenvalue weighted by atomic mass is 10.3. The highest BCUT2D eigenvalue weighted by Crippen LogP contribution is 2.32. The van der Waals surface area contributed by atoms with Crippen LogP contribution in [0.4, 0.5) is 19.1 Å². The summed E-state index contributed by atoms with van der Waals surface area (Å²) in [6.45, 7) is 1.34. The number of alkyl halides is 3. The quantitative estimate of drug-likeness (QED) is 0.909. The minimum absolute atomic E-state index is 0.000226. The third-order valence-electron chi connectivity index (χ3n) is 2.43. The molecule has 0 saturated carbocycles. The normalized spacial score (nSPS) is 13.4. The number of carbonyl (C=O) groups is 1. The predicted molar refractivity (Wildman–Crippen MR) is 63.7 cm³/mol. The van der Waals surface area contributed by atoms with Crippen LogP contribution in [0.25, 0.3) is 5.65 Å². The van der Waals surface area contributed by atoms with E-state index in [0.29, 0.717) is 0 Å². The average Bonchev–Trinajstić information content (AvgIpc) is 2.70. The first-order valence-electron chi connectivity index (χ1n) is 5.31. The third kappa shape index (κ3) is 2.77. The monoisotopic (exact) mass is 308 g/mol. The number of halogens is 4. The number of anilines is 1. The molecule has 2 heterocycles. The molecule has 1 atom stereocenters. The Morgan fingerprint density at radius 2 is 2.20 bits per heavy atom. The Balaban J connectivity index is 2.44. The predicted octanol–water partition coefficient (Wildman–Crippen LogP) is 2.29. The summed E-state index contributed by atoms with van der Waals surface area (Å²) in [5.41, 5.74) is -0.975. The highest BCUT2D eigenvalue weighted by molar-refractivity contribution is 6.33. The standard InChI is InChI=1S/C10H8ClF3N4O2/c1-4(8(19)20)15-9-16-7-6(11)2-5(10(12,13)14)3-18(7)17-9/h2-4H,1H3,(H,15,17)(H,19,20). The van der Waals surface area contributed by atoms with Crippen molar-refractivity contribution in [1.29, 1.82) is 0 Å². The van der Waals surface area contributed by atoms with Gasteiger partial charge in [0.15, 0.2) is 5.65 Å². The lowest BCUT2D eigenvalue weighted by Crippen LogP contribution is -2.25. The minimum atomic E-state index is -4.56. The van der Waals surface area contributed by atoms with E-state index in [9.17, 15) is 18.0 Å². The van der Waals surface area contributed by atoms with Crippen LogP contribution in [0.2, 0.25) is 5.02 Å². The van der Waals surface area contributed by atoms with E-state index in [-0.39, 0.29) is 16.6 Å². The van der Waals surface area contributed by atoms with Gasteiger partial charge < -0.3 is 10.4 Å². The van der Waals surface area contributed by atoms with Crippen LogP contribution in [0.3, 0.4) is 0 Å². The van der Waals surface area contributed by atoms with Crippen molar-refractivity contribution in [2.45, 2.75) is 19.1 Å². The van der Waals surface area contributed by atoms with Crippen molar-refractivity contribution in [3.63, 3.8) is 0 Å². The topological polar surface area (TPSA) is 79.5 Å². The van der Waals surface area contributed by atoms with Crippen molar-refractivity contribution in [3.8, 4) is 0 Å². The molecule has 6 nitrogen and oxygen atoms in total. The van der Waals surface area contributed by atoms with E-state index < -0.39 is 23.8 Å². The van der Waals surface area contributed by atoms with Crippen molar-refractivity contribution in [1.82, 2.24) is 14.6 Å². The van der Waals surface area contributed by atoms with E-state index in [2.05, 4.69) is 15.4 Å². The van der Waals surface area contributed by atoms with Crippen molar-refractivity contribution in [2.24, 2.45) is 0 Å². The summed E-state index contributed by atoms with van der Waals surface area (Å²) in [4.78, 5) is 14.5. The van der Waals surface area contributed by atoms with Gasteiger partial charge in [-0.15, -0.1) is 5.10 Å². The molecule has 108 valence electrons. The first-order valence-corrected chi connectivity index (χ1v) is 5.68. The maximum Gasteiger partial charge on any atom is 0.417 e. The molecule has 0 bridgehead atoms. The molecule has 0 fully saturated rings. The van der Waals surface area contributed by atoms with Gasteiger partial charge in [0, 0.05) is 6.20 Å². The molecule has 0 aliphatic rings. The molecule has 10 heteroatoms. The van der Waals surface area contributed by atoms with E-state index in [1.807, 2.05) is 0 Å². The molecule has 0 radical (unpaired) electrons. The van der Waals surface area contributed by atoms with Gasteiger partial charge in [-0.05, 0) is 13.0 Å². The zero-order valence-corrected chi connectivity index (χ0v) is 10.7. The van der Waals surface area contributed by atoms with Gasteiger partial charge in [0.2, 0.25) is 5.95 Å². The number of nitrogens with zero attached hydrogens (tertiary/aromatic N) is 3. The molecular formula is C10H8ClF3N4O2. The van der Waals surface area contributed by atoms with Crippen LogP contribution in [0.1, 0.15) is 12.5 Å². The van der Waals surface area contributed by atoms with Crippen LogP contribution in [0, 0.1) is 0 Å². The number of hydrogen-bond acceptors (Lipinski definition) is 4. The van der Waals surface area contributed by atoms with E-state index in [4.69, 9.17) is 16.7 Å². The second-order valence-corrected chi connectivity index (χ2v) is 4.39. The Bertz CT molecular complexity index is 670. The molecule has 0 aliphatic carbocycles. The average molecular weight is 309 g/mol. The second-order valence-electron chi connectivity index (χ2n) is 3.98. The lowest BCUT2D eigenvalue weighted by molar-refractivity contribution is -0.138. The molecular weight excluding hydrogens is 301 g/mol. The van der Waals surface area contributed by atoms with E-state index in [1.54, 1.807) is 0 Å². The number of aromatic nitrogens is 3. The van der Waals surface area contributed by atoms with Gasteiger partial charge in [0.25, 0.3) is 0 Å². The van der Waals surface area contributed by atoms with Crippen molar-refractivity contribution in [2.75, 3.05) is 5.32 Å². The van der Waals surface area contributed by atoms with Gasteiger partial charge >= 0.3 is 12.1 Å². The first-order chi connectivity index (χ1) is 9.18. The van der Waals surface area contributed by atoms with Crippen molar-refractivity contribution < 1.29 is 23.1 Å². The van der Waals surface area contributed by atoms with Gasteiger partial charge in [0.05, 0.1) is 10.6 Å². The summed E-state index contributed by atoms with van der Waals surface area (Å²) in [5.74, 6) is -1.27. The molecule has 2 aromatic heterocycles.